The quantitative estimate of drug-likeness (QED) is 0.231. The maximum atomic E-state index is 13.1. The van der Waals surface area contributed by atoms with Crippen LogP contribution in [0.5, 0.6) is 0 Å². The van der Waals surface area contributed by atoms with Crippen molar-refractivity contribution in [3.05, 3.63) is 76.9 Å². The first-order chi connectivity index (χ1) is 14.0. The molecule has 0 aliphatic carbocycles. The lowest BCUT2D eigenvalue weighted by atomic mass is 10.0. The zero-order valence-corrected chi connectivity index (χ0v) is 15.2. The highest BCUT2D eigenvalue weighted by atomic mass is 19.4. The fourth-order valence-electron chi connectivity index (χ4n) is 2.43. The molecule has 2 aromatic carbocycles. The molecule has 0 atom stereocenters. The Balaban J connectivity index is 2.48. The Labute approximate surface area is 167 Å². The van der Waals surface area contributed by atoms with Gasteiger partial charge in [0, 0.05) is 5.56 Å². The molecular formula is C19H16F6N2O3. The summed E-state index contributed by atoms with van der Waals surface area (Å²) < 4.78 is 83.2. The highest BCUT2D eigenvalue weighted by Gasteiger charge is 2.37. The van der Waals surface area contributed by atoms with Gasteiger partial charge in [-0.05, 0) is 35.4 Å². The molecule has 0 bridgehead atoms. The van der Waals surface area contributed by atoms with Crippen molar-refractivity contribution in [3.8, 4) is 0 Å². The average molecular weight is 434 g/mol. The van der Waals surface area contributed by atoms with Crippen LogP contribution in [0.1, 0.15) is 27.8 Å². The molecule has 0 aromatic heterocycles. The van der Waals surface area contributed by atoms with E-state index in [0.29, 0.717) is 23.3 Å². The first-order valence-electron chi connectivity index (χ1n) is 8.18. The maximum Gasteiger partial charge on any atom is 0.416 e. The number of aliphatic hydroxyl groups excluding tert-OH is 1. The summed E-state index contributed by atoms with van der Waals surface area (Å²) in [5, 5.41) is 8.69. The Morgan fingerprint density at radius 3 is 2.07 bits per heavy atom. The van der Waals surface area contributed by atoms with Crippen LogP contribution in [0.3, 0.4) is 0 Å². The Kier molecular flexibility index (Phi) is 7.24. The van der Waals surface area contributed by atoms with Gasteiger partial charge in [-0.3, -0.25) is 0 Å². The van der Waals surface area contributed by atoms with Crippen LogP contribution in [-0.4, -0.2) is 17.8 Å². The van der Waals surface area contributed by atoms with Crippen LogP contribution in [0, 0.1) is 0 Å². The molecule has 30 heavy (non-hydrogen) atoms. The van der Waals surface area contributed by atoms with Crippen molar-refractivity contribution in [3.63, 3.8) is 0 Å². The molecular weight excluding hydrogens is 418 g/mol. The summed E-state index contributed by atoms with van der Waals surface area (Å²) in [5.74, 6) is 4.38. The number of rotatable bonds is 6. The SMILES string of the molecule is C=C(/N=C(\ON)c1cc(C(F)(F)F)cc(C(F)(F)F)c1)c1cccc(COCO)c1. The first-order valence-corrected chi connectivity index (χ1v) is 8.18. The zero-order chi connectivity index (χ0) is 22.5. The highest BCUT2D eigenvalue weighted by Crippen LogP contribution is 2.36. The van der Waals surface area contributed by atoms with Crippen molar-refractivity contribution in [2.24, 2.45) is 10.9 Å². The van der Waals surface area contributed by atoms with Gasteiger partial charge in [-0.15, -0.1) is 0 Å². The molecule has 0 radical (unpaired) electrons. The van der Waals surface area contributed by atoms with Crippen molar-refractivity contribution in [1.82, 2.24) is 0 Å². The summed E-state index contributed by atoms with van der Waals surface area (Å²) in [6.45, 7) is 3.20. The minimum atomic E-state index is -5.03. The van der Waals surface area contributed by atoms with Gasteiger partial charge in [0.25, 0.3) is 0 Å². The standard InChI is InChI=1S/C19H16F6N2O3/c1-11(13-4-2-3-12(5-13)9-29-10-28)27-17(30-26)14-6-15(18(20,21)22)8-16(7-14)19(23,24)25/h2-8,28H,1,9-10,26H2/b27-17-. The van der Waals surface area contributed by atoms with E-state index in [1.54, 1.807) is 24.3 Å². The van der Waals surface area contributed by atoms with E-state index in [1.807, 2.05) is 0 Å². The van der Waals surface area contributed by atoms with Crippen LogP contribution >= 0.6 is 0 Å². The number of hydrogen-bond acceptors (Lipinski definition) is 5. The molecule has 2 rings (SSSR count). The second kappa shape index (κ2) is 9.28. The fraction of sp³-hybridized carbons (Fsp3) is 0.211. The predicted octanol–water partition coefficient (Wildman–Crippen LogP) is 4.50. The first kappa shape index (κ1) is 23.4. The number of ether oxygens (including phenoxy) is 1. The van der Waals surface area contributed by atoms with Gasteiger partial charge in [0.05, 0.1) is 23.4 Å². The predicted molar refractivity (Wildman–Crippen MR) is 95.6 cm³/mol. The number of benzene rings is 2. The van der Waals surface area contributed by atoms with Gasteiger partial charge in [0.2, 0.25) is 5.90 Å². The number of nitrogens with two attached hydrogens (primary N) is 1. The van der Waals surface area contributed by atoms with Gasteiger partial charge in [-0.1, -0.05) is 24.8 Å². The second-order valence-electron chi connectivity index (χ2n) is 5.95. The molecule has 0 aliphatic heterocycles. The third-order valence-electron chi connectivity index (χ3n) is 3.80. The van der Waals surface area contributed by atoms with E-state index in [1.165, 1.54) is 0 Å². The van der Waals surface area contributed by atoms with Crippen molar-refractivity contribution < 1.29 is 41.0 Å². The summed E-state index contributed by atoms with van der Waals surface area (Å²) >= 11 is 0. The van der Waals surface area contributed by atoms with Crippen molar-refractivity contribution in [2.75, 3.05) is 6.79 Å². The molecule has 3 N–H and O–H groups in total. The summed E-state index contributed by atoms with van der Waals surface area (Å²) in [5.41, 5.74) is -2.73. The third-order valence-corrected chi connectivity index (χ3v) is 3.80. The molecule has 0 unspecified atom stereocenters. The monoisotopic (exact) mass is 434 g/mol. The molecule has 0 saturated heterocycles. The zero-order valence-electron chi connectivity index (χ0n) is 15.2. The van der Waals surface area contributed by atoms with Crippen LogP contribution in [0.15, 0.2) is 54.0 Å². The molecule has 162 valence electrons. The van der Waals surface area contributed by atoms with Gasteiger partial charge in [-0.25, -0.2) is 4.99 Å². The molecule has 0 spiro atoms. The average Bonchev–Trinajstić information content (AvgIpc) is 2.68. The van der Waals surface area contributed by atoms with Crippen molar-refractivity contribution in [1.29, 1.82) is 0 Å². The number of aliphatic imine (C=N–C) groups is 1. The topological polar surface area (TPSA) is 77.1 Å². The Morgan fingerprint density at radius 2 is 1.57 bits per heavy atom. The normalized spacial score (nSPS) is 12.7. The summed E-state index contributed by atoms with van der Waals surface area (Å²) in [6.07, 6.45) is -10.1. The van der Waals surface area contributed by atoms with E-state index in [-0.39, 0.29) is 18.4 Å². The summed E-state index contributed by atoms with van der Waals surface area (Å²) in [6, 6.07) is 7.25. The Hall–Kier alpha value is -2.89. The lowest BCUT2D eigenvalue weighted by molar-refractivity contribution is -0.143. The molecule has 0 fully saturated rings. The Morgan fingerprint density at radius 1 is 0.967 bits per heavy atom. The number of aliphatic hydroxyl groups is 1. The fourth-order valence-corrected chi connectivity index (χ4v) is 2.43. The molecule has 0 saturated carbocycles. The van der Waals surface area contributed by atoms with Gasteiger partial charge in [0.1, 0.15) is 6.79 Å². The second-order valence-corrected chi connectivity index (χ2v) is 5.95. The van der Waals surface area contributed by atoms with E-state index in [2.05, 4.69) is 16.4 Å². The minimum Gasteiger partial charge on any atom is -0.391 e. The van der Waals surface area contributed by atoms with Crippen LogP contribution in [0.25, 0.3) is 5.70 Å². The van der Waals surface area contributed by atoms with Crippen LogP contribution in [-0.2, 0) is 28.5 Å². The molecule has 11 heteroatoms. The lowest BCUT2D eigenvalue weighted by Gasteiger charge is -2.14. The third kappa shape index (κ3) is 6.05. The van der Waals surface area contributed by atoms with Gasteiger partial charge in [0.15, 0.2) is 0 Å². The molecule has 2 aromatic rings. The molecule has 5 nitrogen and oxygen atoms in total. The lowest BCUT2D eigenvalue weighted by Crippen LogP contribution is -2.17. The van der Waals surface area contributed by atoms with Crippen molar-refractivity contribution >= 4 is 11.6 Å². The Bertz CT molecular complexity index is 906. The summed E-state index contributed by atoms with van der Waals surface area (Å²) in [7, 11) is 0. The maximum absolute atomic E-state index is 13.1. The number of alkyl halides is 6. The number of halogens is 6. The number of nitrogens with zero attached hydrogens (tertiary/aromatic N) is 1. The number of hydrogen-bond donors (Lipinski definition) is 2. The van der Waals surface area contributed by atoms with E-state index in [4.69, 9.17) is 15.7 Å². The minimum absolute atomic E-state index is 0.0168. The molecule has 0 amide bonds. The largest absolute Gasteiger partial charge is 0.416 e. The molecule has 0 heterocycles. The smallest absolute Gasteiger partial charge is 0.391 e. The van der Waals surface area contributed by atoms with E-state index in [0.717, 1.165) is 0 Å². The van der Waals surface area contributed by atoms with Crippen LogP contribution in [0.2, 0.25) is 0 Å². The van der Waals surface area contributed by atoms with Crippen LogP contribution < -0.4 is 5.90 Å². The van der Waals surface area contributed by atoms with Gasteiger partial charge in [-0.2, -0.15) is 32.2 Å². The van der Waals surface area contributed by atoms with Gasteiger partial charge < -0.3 is 14.7 Å². The van der Waals surface area contributed by atoms with Crippen LogP contribution in [0.4, 0.5) is 26.3 Å². The van der Waals surface area contributed by atoms with E-state index < -0.39 is 41.7 Å². The highest BCUT2D eigenvalue weighted by molar-refractivity contribution is 5.97. The van der Waals surface area contributed by atoms with E-state index in [9.17, 15) is 26.3 Å². The molecule has 0 aliphatic rings. The van der Waals surface area contributed by atoms with Gasteiger partial charge >= 0.3 is 12.4 Å². The van der Waals surface area contributed by atoms with E-state index >= 15 is 0 Å². The summed E-state index contributed by atoms with van der Waals surface area (Å²) in [4.78, 5) is 8.31. The van der Waals surface area contributed by atoms with Crippen molar-refractivity contribution in [2.45, 2.75) is 19.0 Å².